The molecule has 1 aliphatic rings. The number of carbonyl (C=O) groups is 2. The van der Waals surface area contributed by atoms with Crippen LogP contribution in [0.3, 0.4) is 0 Å². The van der Waals surface area contributed by atoms with Crippen molar-refractivity contribution in [3.63, 3.8) is 0 Å². The minimum absolute atomic E-state index is 0.136. The third-order valence-corrected chi connectivity index (χ3v) is 5.62. The molecule has 4 rings (SSSR count). The van der Waals surface area contributed by atoms with Crippen molar-refractivity contribution >= 4 is 22.7 Å². The van der Waals surface area contributed by atoms with E-state index in [1.165, 1.54) is 5.56 Å². The third kappa shape index (κ3) is 3.26. The molecule has 4 heteroatoms. The van der Waals surface area contributed by atoms with E-state index in [4.69, 9.17) is 0 Å². The second-order valence-electron chi connectivity index (χ2n) is 7.38. The first-order chi connectivity index (χ1) is 13.6. The summed E-state index contributed by atoms with van der Waals surface area (Å²) in [6, 6.07) is 15.2. The molecular formula is C24H22O4. The van der Waals surface area contributed by atoms with Crippen LogP contribution in [0.2, 0.25) is 0 Å². The van der Waals surface area contributed by atoms with Gasteiger partial charge in [0, 0.05) is 5.56 Å². The van der Waals surface area contributed by atoms with Crippen LogP contribution in [-0.4, -0.2) is 22.2 Å². The summed E-state index contributed by atoms with van der Waals surface area (Å²) in [6.07, 6.45) is 4.85. The second-order valence-corrected chi connectivity index (χ2v) is 7.38. The fraction of sp³-hybridized carbons (Fsp3) is 0.250. The molecule has 0 saturated heterocycles. The summed E-state index contributed by atoms with van der Waals surface area (Å²) in [6.45, 7) is 0. The van der Waals surface area contributed by atoms with Crippen LogP contribution < -0.4 is 0 Å². The first-order valence-corrected chi connectivity index (χ1v) is 9.67. The highest BCUT2D eigenvalue weighted by molar-refractivity contribution is 6.06. The molecule has 0 radical (unpaired) electrons. The van der Waals surface area contributed by atoms with Gasteiger partial charge in [-0.15, -0.1) is 0 Å². The Balaban J connectivity index is 2.12. The number of hydrogen-bond acceptors (Lipinski definition) is 2. The van der Waals surface area contributed by atoms with Crippen LogP contribution >= 0.6 is 0 Å². The topological polar surface area (TPSA) is 74.6 Å². The van der Waals surface area contributed by atoms with Crippen LogP contribution in [0.1, 0.15) is 46.3 Å². The molecule has 3 aromatic rings. The monoisotopic (exact) mass is 374 g/mol. The Labute approximate surface area is 163 Å². The number of aromatic carboxylic acids is 1. The zero-order chi connectivity index (χ0) is 19.7. The molecule has 0 fully saturated rings. The lowest BCUT2D eigenvalue weighted by Gasteiger charge is -2.20. The Bertz CT molecular complexity index is 1080. The highest BCUT2D eigenvalue weighted by Crippen LogP contribution is 2.40. The van der Waals surface area contributed by atoms with E-state index in [2.05, 4.69) is 0 Å². The van der Waals surface area contributed by atoms with Gasteiger partial charge in [-0.1, -0.05) is 48.9 Å². The van der Waals surface area contributed by atoms with Crippen molar-refractivity contribution in [2.45, 2.75) is 38.5 Å². The zero-order valence-electron chi connectivity index (χ0n) is 15.6. The van der Waals surface area contributed by atoms with E-state index in [0.717, 1.165) is 54.0 Å². The van der Waals surface area contributed by atoms with Crippen molar-refractivity contribution in [3.8, 4) is 11.1 Å². The van der Waals surface area contributed by atoms with Gasteiger partial charge in [-0.2, -0.15) is 0 Å². The molecule has 0 atom stereocenters. The molecule has 1 aliphatic carbocycles. The van der Waals surface area contributed by atoms with Gasteiger partial charge in [0.2, 0.25) is 0 Å². The molecule has 0 aliphatic heterocycles. The van der Waals surface area contributed by atoms with E-state index in [1.807, 2.05) is 42.5 Å². The minimum Gasteiger partial charge on any atom is -0.481 e. The smallest absolute Gasteiger partial charge is 0.336 e. The molecule has 3 aromatic carbocycles. The van der Waals surface area contributed by atoms with E-state index in [1.54, 1.807) is 6.07 Å². The molecule has 0 saturated carbocycles. The zero-order valence-corrected chi connectivity index (χ0v) is 15.6. The Hall–Kier alpha value is -3.14. The summed E-state index contributed by atoms with van der Waals surface area (Å²) in [7, 11) is 0. The van der Waals surface area contributed by atoms with Crippen molar-refractivity contribution < 1.29 is 19.8 Å². The molecule has 2 N–H and O–H groups in total. The summed E-state index contributed by atoms with van der Waals surface area (Å²) in [5.41, 5.74) is 4.64. The van der Waals surface area contributed by atoms with Crippen LogP contribution in [0.5, 0.6) is 0 Å². The summed E-state index contributed by atoms with van der Waals surface area (Å²) in [5, 5.41) is 21.3. The molecule has 142 valence electrons. The fourth-order valence-corrected chi connectivity index (χ4v) is 4.39. The molecule has 4 nitrogen and oxygen atoms in total. The highest BCUT2D eigenvalue weighted by atomic mass is 16.4. The van der Waals surface area contributed by atoms with E-state index in [9.17, 15) is 19.8 Å². The first kappa shape index (κ1) is 18.2. The maximum Gasteiger partial charge on any atom is 0.336 e. The van der Waals surface area contributed by atoms with Crippen molar-refractivity contribution in [1.29, 1.82) is 0 Å². The fourth-order valence-electron chi connectivity index (χ4n) is 4.39. The molecule has 0 aromatic heterocycles. The summed E-state index contributed by atoms with van der Waals surface area (Å²) < 4.78 is 0. The first-order valence-electron chi connectivity index (χ1n) is 9.67. The molecular weight excluding hydrogens is 352 g/mol. The average Bonchev–Trinajstić information content (AvgIpc) is 2.92. The Morgan fingerprint density at radius 1 is 0.821 bits per heavy atom. The van der Waals surface area contributed by atoms with Crippen molar-refractivity contribution in [2.75, 3.05) is 0 Å². The van der Waals surface area contributed by atoms with Crippen molar-refractivity contribution in [1.82, 2.24) is 0 Å². The van der Waals surface area contributed by atoms with Crippen molar-refractivity contribution in [2.24, 2.45) is 0 Å². The SMILES string of the molecule is O=C(O)Cc1ccc2ccccc2c1-c1c(C(=O)O)ccc2c1CCCCC2. The van der Waals surface area contributed by atoms with E-state index in [-0.39, 0.29) is 12.0 Å². The van der Waals surface area contributed by atoms with Crippen LogP contribution in [-0.2, 0) is 24.1 Å². The summed E-state index contributed by atoms with van der Waals surface area (Å²) in [4.78, 5) is 23.7. The largest absolute Gasteiger partial charge is 0.481 e. The number of carboxylic acid groups (broad SMARTS) is 2. The lowest BCUT2D eigenvalue weighted by molar-refractivity contribution is -0.136. The van der Waals surface area contributed by atoms with Gasteiger partial charge in [0.1, 0.15) is 0 Å². The van der Waals surface area contributed by atoms with E-state index in [0.29, 0.717) is 11.1 Å². The standard InChI is InChI=1S/C24H22O4/c25-21(26)14-17-11-10-15-7-4-5-9-18(15)22(17)23-19-8-3-1-2-6-16(19)12-13-20(23)24(27)28/h4-5,7,9-13H,1-3,6,8,14H2,(H,25,26)(H,27,28). The number of fused-ring (bicyclic) bond motifs is 2. The summed E-state index contributed by atoms with van der Waals surface area (Å²) in [5.74, 6) is -1.90. The molecule has 0 unspecified atom stereocenters. The predicted octanol–water partition coefficient (Wildman–Crippen LogP) is 5.10. The number of carboxylic acids is 2. The summed E-state index contributed by atoms with van der Waals surface area (Å²) >= 11 is 0. The van der Waals surface area contributed by atoms with Gasteiger partial charge < -0.3 is 10.2 Å². The lowest BCUT2D eigenvalue weighted by Crippen LogP contribution is -2.09. The normalized spacial score (nSPS) is 13.7. The number of rotatable bonds is 4. The number of benzene rings is 3. The predicted molar refractivity (Wildman–Crippen MR) is 109 cm³/mol. The number of aryl methyl sites for hydroxylation is 1. The lowest BCUT2D eigenvalue weighted by atomic mass is 9.83. The quantitative estimate of drug-likeness (QED) is 0.623. The van der Waals surface area contributed by atoms with Crippen LogP contribution in [0, 0.1) is 0 Å². The Kier molecular flexibility index (Phi) is 4.86. The van der Waals surface area contributed by atoms with Gasteiger partial charge in [-0.25, -0.2) is 4.79 Å². The van der Waals surface area contributed by atoms with E-state index >= 15 is 0 Å². The molecule has 0 heterocycles. The minimum atomic E-state index is -0.976. The van der Waals surface area contributed by atoms with E-state index < -0.39 is 11.9 Å². The number of aliphatic carboxylic acids is 1. The number of hydrogen-bond donors (Lipinski definition) is 2. The second kappa shape index (κ2) is 7.47. The Morgan fingerprint density at radius 3 is 2.39 bits per heavy atom. The van der Waals surface area contributed by atoms with Gasteiger partial charge in [0.05, 0.1) is 12.0 Å². The third-order valence-electron chi connectivity index (χ3n) is 5.62. The van der Waals surface area contributed by atoms with Gasteiger partial charge in [-0.05, 0) is 64.8 Å². The average molecular weight is 374 g/mol. The maximum atomic E-state index is 12.1. The molecule has 0 amide bonds. The maximum absolute atomic E-state index is 12.1. The van der Waals surface area contributed by atoms with Crippen LogP contribution in [0.4, 0.5) is 0 Å². The van der Waals surface area contributed by atoms with Gasteiger partial charge >= 0.3 is 11.9 Å². The molecule has 28 heavy (non-hydrogen) atoms. The molecule has 0 spiro atoms. The van der Waals surface area contributed by atoms with Crippen LogP contribution in [0.15, 0.2) is 48.5 Å². The van der Waals surface area contributed by atoms with Crippen molar-refractivity contribution in [3.05, 3.63) is 70.8 Å². The Morgan fingerprint density at radius 2 is 1.61 bits per heavy atom. The highest BCUT2D eigenvalue weighted by Gasteiger charge is 2.24. The van der Waals surface area contributed by atoms with Gasteiger partial charge in [0.15, 0.2) is 0 Å². The van der Waals surface area contributed by atoms with Gasteiger partial charge in [-0.3, -0.25) is 4.79 Å². The van der Waals surface area contributed by atoms with Gasteiger partial charge in [0.25, 0.3) is 0 Å². The van der Waals surface area contributed by atoms with Crippen LogP contribution in [0.25, 0.3) is 21.9 Å². The molecule has 0 bridgehead atoms.